The molecule has 0 radical (unpaired) electrons. The van der Waals surface area contributed by atoms with Gasteiger partial charge in [-0.05, 0) is 18.6 Å². The number of nitrogens with zero attached hydrogens (tertiary/aromatic N) is 1. The van der Waals surface area contributed by atoms with Crippen LogP contribution in [0.4, 0.5) is 0 Å². The zero-order chi connectivity index (χ0) is 12.6. The summed E-state index contributed by atoms with van der Waals surface area (Å²) in [5.41, 5.74) is -1.11. The Morgan fingerprint density at radius 2 is 2.35 bits per heavy atom. The molecule has 0 fully saturated rings. The minimum absolute atomic E-state index is 0.169. The molecule has 0 saturated heterocycles. The summed E-state index contributed by atoms with van der Waals surface area (Å²) in [5, 5.41) is 9.40. The third kappa shape index (κ3) is 1.62. The molecule has 0 aromatic rings. The van der Waals surface area contributed by atoms with Crippen molar-refractivity contribution < 1.29 is 19.4 Å². The normalized spacial score (nSPS) is 31.9. The molecule has 1 heterocycles. The Hall–Kier alpha value is -1.78. The molecule has 1 aliphatic carbocycles. The van der Waals surface area contributed by atoms with Crippen molar-refractivity contribution in [2.24, 2.45) is 11.3 Å². The molecule has 5 heteroatoms. The molecule has 5 nitrogen and oxygen atoms in total. The lowest BCUT2D eigenvalue weighted by atomic mass is 9.66. The number of carbonyl (C=O) groups is 2. The Bertz CT molecular complexity index is 426. The molecule has 2 atom stereocenters. The summed E-state index contributed by atoms with van der Waals surface area (Å²) >= 11 is 0. The van der Waals surface area contributed by atoms with E-state index in [2.05, 4.69) is 0 Å². The number of hydrogen-bond donors (Lipinski definition) is 1. The Morgan fingerprint density at radius 3 is 2.94 bits per heavy atom. The lowest BCUT2D eigenvalue weighted by Crippen LogP contribution is -2.49. The summed E-state index contributed by atoms with van der Waals surface area (Å²) in [5.74, 6) is -1.01. The van der Waals surface area contributed by atoms with Crippen LogP contribution in [0.5, 0.6) is 0 Å². The van der Waals surface area contributed by atoms with E-state index in [0.29, 0.717) is 18.6 Å². The average molecular weight is 237 g/mol. The van der Waals surface area contributed by atoms with Crippen molar-refractivity contribution in [1.82, 2.24) is 4.90 Å². The van der Waals surface area contributed by atoms with Crippen LogP contribution >= 0.6 is 0 Å². The van der Waals surface area contributed by atoms with Crippen LogP contribution in [0.3, 0.4) is 0 Å². The maximum absolute atomic E-state index is 12.1. The van der Waals surface area contributed by atoms with Crippen LogP contribution in [0.25, 0.3) is 0 Å². The van der Waals surface area contributed by atoms with E-state index in [9.17, 15) is 14.7 Å². The highest BCUT2D eigenvalue weighted by Gasteiger charge is 2.52. The third-order valence-electron chi connectivity index (χ3n) is 3.60. The number of carboxylic acid groups (broad SMARTS) is 1. The summed E-state index contributed by atoms with van der Waals surface area (Å²) in [6.07, 6.45) is 5.55. The summed E-state index contributed by atoms with van der Waals surface area (Å²) in [6.45, 7) is 0. The predicted octanol–water partition coefficient (Wildman–Crippen LogP) is 0.983. The number of carbonyl (C=O) groups excluding carboxylic acids is 1. The molecule has 92 valence electrons. The van der Waals surface area contributed by atoms with Gasteiger partial charge in [-0.25, -0.2) is 0 Å². The van der Waals surface area contributed by atoms with E-state index in [1.54, 1.807) is 25.4 Å². The van der Waals surface area contributed by atoms with E-state index in [4.69, 9.17) is 4.74 Å². The molecule has 1 amide bonds. The summed E-state index contributed by atoms with van der Waals surface area (Å²) in [4.78, 5) is 25.0. The van der Waals surface area contributed by atoms with E-state index < -0.39 is 17.3 Å². The quantitative estimate of drug-likeness (QED) is 0.777. The fourth-order valence-electron chi connectivity index (χ4n) is 2.42. The van der Waals surface area contributed by atoms with E-state index in [1.165, 1.54) is 12.0 Å². The second-order valence-corrected chi connectivity index (χ2v) is 4.45. The Balaban J connectivity index is 2.45. The van der Waals surface area contributed by atoms with Gasteiger partial charge in [0, 0.05) is 19.7 Å². The molecule has 0 unspecified atom stereocenters. The first-order valence-electron chi connectivity index (χ1n) is 5.43. The zero-order valence-corrected chi connectivity index (χ0v) is 9.84. The van der Waals surface area contributed by atoms with Crippen LogP contribution in [0, 0.1) is 11.3 Å². The number of hydrogen-bond acceptors (Lipinski definition) is 3. The van der Waals surface area contributed by atoms with Gasteiger partial charge in [0.15, 0.2) is 0 Å². The topological polar surface area (TPSA) is 66.8 Å². The van der Waals surface area contributed by atoms with Crippen molar-refractivity contribution in [3.8, 4) is 0 Å². The largest absolute Gasteiger partial charge is 0.501 e. The minimum atomic E-state index is -1.11. The fraction of sp³-hybridized carbons (Fsp3) is 0.500. The highest BCUT2D eigenvalue weighted by atomic mass is 16.5. The average Bonchev–Trinajstić information content (AvgIpc) is 2.33. The third-order valence-corrected chi connectivity index (χ3v) is 3.60. The molecule has 0 aromatic carbocycles. The van der Waals surface area contributed by atoms with Gasteiger partial charge in [-0.15, -0.1) is 0 Å². The number of ether oxygens (including phenoxy) is 1. The molecule has 0 saturated carbocycles. The Labute approximate surface area is 99.4 Å². The van der Waals surface area contributed by atoms with Gasteiger partial charge in [0.1, 0.15) is 5.41 Å². The number of aliphatic carboxylic acids is 1. The van der Waals surface area contributed by atoms with Crippen molar-refractivity contribution in [3.05, 3.63) is 24.1 Å². The Morgan fingerprint density at radius 1 is 1.65 bits per heavy atom. The van der Waals surface area contributed by atoms with Gasteiger partial charge in [0.2, 0.25) is 5.91 Å². The van der Waals surface area contributed by atoms with Crippen LogP contribution in [-0.4, -0.2) is 36.0 Å². The van der Waals surface area contributed by atoms with Gasteiger partial charge in [-0.3, -0.25) is 9.59 Å². The summed E-state index contributed by atoms with van der Waals surface area (Å²) in [7, 11) is 3.17. The van der Waals surface area contributed by atoms with Crippen LogP contribution in [0.15, 0.2) is 24.1 Å². The van der Waals surface area contributed by atoms with Gasteiger partial charge >= 0.3 is 5.97 Å². The lowest BCUT2D eigenvalue weighted by Gasteiger charge is -2.41. The molecular formula is C12H15NO4. The Kier molecular flexibility index (Phi) is 2.69. The maximum atomic E-state index is 12.1. The van der Waals surface area contributed by atoms with E-state index in [-0.39, 0.29) is 5.91 Å². The fourth-order valence-corrected chi connectivity index (χ4v) is 2.42. The van der Waals surface area contributed by atoms with Crippen LogP contribution in [-0.2, 0) is 14.3 Å². The van der Waals surface area contributed by atoms with E-state index in [0.717, 1.165) is 0 Å². The van der Waals surface area contributed by atoms with Gasteiger partial charge < -0.3 is 14.7 Å². The highest BCUT2D eigenvalue weighted by molar-refractivity contribution is 5.91. The van der Waals surface area contributed by atoms with Crippen molar-refractivity contribution in [2.75, 3.05) is 14.2 Å². The first-order chi connectivity index (χ1) is 8.01. The number of fused-ring (bicyclic) bond motifs is 1. The van der Waals surface area contributed by atoms with E-state index in [1.807, 2.05) is 0 Å². The number of carboxylic acids is 1. The molecule has 0 bridgehead atoms. The van der Waals surface area contributed by atoms with Crippen molar-refractivity contribution in [1.29, 1.82) is 0 Å². The minimum Gasteiger partial charge on any atom is -0.501 e. The number of allylic oxidation sites excluding steroid dienone is 2. The summed E-state index contributed by atoms with van der Waals surface area (Å²) < 4.78 is 5.12. The molecule has 1 aliphatic heterocycles. The second-order valence-electron chi connectivity index (χ2n) is 4.45. The van der Waals surface area contributed by atoms with Crippen molar-refractivity contribution in [2.45, 2.75) is 12.8 Å². The molecule has 2 rings (SSSR count). The van der Waals surface area contributed by atoms with Crippen LogP contribution < -0.4 is 0 Å². The lowest BCUT2D eigenvalue weighted by molar-refractivity contribution is -0.157. The van der Waals surface area contributed by atoms with Crippen LogP contribution in [0.1, 0.15) is 12.8 Å². The highest BCUT2D eigenvalue weighted by Crippen LogP contribution is 2.45. The van der Waals surface area contributed by atoms with Gasteiger partial charge in [-0.1, -0.05) is 0 Å². The zero-order valence-electron chi connectivity index (χ0n) is 9.84. The molecule has 1 N–H and O–H groups in total. The SMILES string of the molecule is COC1=CC[C@]2(C(=O)O)C=CN(C)C(=O)[C@@H]2C1. The van der Waals surface area contributed by atoms with Gasteiger partial charge in [-0.2, -0.15) is 0 Å². The molecular weight excluding hydrogens is 222 g/mol. The van der Waals surface area contributed by atoms with Crippen molar-refractivity contribution in [3.63, 3.8) is 0 Å². The maximum Gasteiger partial charge on any atom is 0.314 e. The first kappa shape index (κ1) is 11.7. The smallest absolute Gasteiger partial charge is 0.314 e. The second kappa shape index (κ2) is 3.91. The first-order valence-corrected chi connectivity index (χ1v) is 5.43. The molecule has 17 heavy (non-hydrogen) atoms. The van der Waals surface area contributed by atoms with E-state index >= 15 is 0 Å². The molecule has 2 aliphatic rings. The number of amides is 1. The monoisotopic (exact) mass is 237 g/mol. The summed E-state index contributed by atoms with van der Waals surface area (Å²) in [6, 6.07) is 0. The molecule has 0 spiro atoms. The molecule has 0 aromatic heterocycles. The number of rotatable bonds is 2. The van der Waals surface area contributed by atoms with Gasteiger partial charge in [0.05, 0.1) is 18.8 Å². The predicted molar refractivity (Wildman–Crippen MR) is 59.8 cm³/mol. The van der Waals surface area contributed by atoms with Gasteiger partial charge in [0.25, 0.3) is 0 Å². The standard InChI is InChI=1S/C12H15NO4/c1-13-6-5-12(11(15)16)4-3-8(17-2)7-9(12)10(13)14/h3,5-6,9H,4,7H2,1-2H3,(H,15,16)/t9-,12-/m0/s1. The van der Waals surface area contributed by atoms with Crippen LogP contribution in [0.2, 0.25) is 0 Å². The number of methoxy groups -OCH3 is 1. The van der Waals surface area contributed by atoms with Crippen molar-refractivity contribution >= 4 is 11.9 Å².